The molecule has 0 saturated carbocycles. The fourth-order valence-corrected chi connectivity index (χ4v) is 2.12. The lowest BCUT2D eigenvalue weighted by Crippen LogP contribution is -2.34. The van der Waals surface area contributed by atoms with Gasteiger partial charge < -0.3 is 5.32 Å². The Kier molecular flexibility index (Phi) is 5.96. The van der Waals surface area contributed by atoms with Crippen molar-refractivity contribution >= 4 is 0 Å². The van der Waals surface area contributed by atoms with Crippen molar-refractivity contribution in [3.05, 3.63) is 11.6 Å². The molecule has 0 aromatic heterocycles. The van der Waals surface area contributed by atoms with Crippen LogP contribution in [-0.4, -0.2) is 38.1 Å². The van der Waals surface area contributed by atoms with Crippen LogP contribution in [0.1, 0.15) is 33.1 Å². The second-order valence-electron chi connectivity index (χ2n) is 4.92. The van der Waals surface area contributed by atoms with E-state index in [0.29, 0.717) is 0 Å². The molecule has 1 rings (SSSR count). The Labute approximate surface area is 94.7 Å². The molecule has 0 amide bonds. The average molecular weight is 210 g/mol. The number of nitrogens with zero attached hydrogens (tertiary/aromatic N) is 1. The van der Waals surface area contributed by atoms with E-state index in [1.165, 1.54) is 44.5 Å². The molecule has 1 N–H and O–H groups in total. The first-order valence-electron chi connectivity index (χ1n) is 6.22. The smallest absolute Gasteiger partial charge is 0.0165 e. The van der Waals surface area contributed by atoms with E-state index in [-0.39, 0.29) is 0 Å². The van der Waals surface area contributed by atoms with E-state index in [1.807, 2.05) is 7.05 Å². The molecule has 0 spiro atoms. The number of hydrogen-bond acceptors (Lipinski definition) is 2. The van der Waals surface area contributed by atoms with Crippen molar-refractivity contribution in [3.63, 3.8) is 0 Å². The van der Waals surface area contributed by atoms with Crippen LogP contribution in [0.5, 0.6) is 0 Å². The van der Waals surface area contributed by atoms with Crippen LogP contribution >= 0.6 is 0 Å². The van der Waals surface area contributed by atoms with Gasteiger partial charge in [0.15, 0.2) is 0 Å². The van der Waals surface area contributed by atoms with E-state index in [2.05, 4.69) is 30.1 Å². The summed E-state index contributed by atoms with van der Waals surface area (Å²) in [6.45, 7) is 9.27. The quantitative estimate of drug-likeness (QED) is 0.700. The minimum Gasteiger partial charge on any atom is -0.320 e. The maximum absolute atomic E-state index is 3.24. The van der Waals surface area contributed by atoms with Crippen LogP contribution < -0.4 is 5.32 Å². The van der Waals surface area contributed by atoms with E-state index in [9.17, 15) is 0 Å². The maximum atomic E-state index is 3.24. The SMILES string of the molecule is CNCCC1CCN(CC=C(C)C)CC1. The lowest BCUT2D eigenvalue weighted by atomic mass is 9.93. The van der Waals surface area contributed by atoms with E-state index in [0.717, 1.165) is 12.5 Å². The molecule has 1 saturated heterocycles. The lowest BCUT2D eigenvalue weighted by Gasteiger charge is -2.31. The molecule has 2 heteroatoms. The summed E-state index contributed by atoms with van der Waals surface area (Å²) in [5, 5.41) is 3.24. The third-order valence-electron chi connectivity index (χ3n) is 3.27. The third kappa shape index (κ3) is 5.33. The lowest BCUT2D eigenvalue weighted by molar-refractivity contribution is 0.194. The number of rotatable bonds is 5. The fourth-order valence-electron chi connectivity index (χ4n) is 2.12. The summed E-state index contributed by atoms with van der Waals surface area (Å²) in [5.74, 6) is 0.959. The summed E-state index contributed by atoms with van der Waals surface area (Å²) in [5.41, 5.74) is 1.44. The Bertz CT molecular complexity index is 187. The third-order valence-corrected chi connectivity index (χ3v) is 3.27. The summed E-state index contributed by atoms with van der Waals surface area (Å²) in [7, 11) is 2.05. The highest BCUT2D eigenvalue weighted by Crippen LogP contribution is 2.19. The van der Waals surface area contributed by atoms with Crippen LogP contribution in [0.25, 0.3) is 0 Å². The van der Waals surface area contributed by atoms with E-state index in [4.69, 9.17) is 0 Å². The molecule has 0 aromatic rings. The zero-order valence-electron chi connectivity index (χ0n) is 10.6. The number of likely N-dealkylation sites (tertiary alicyclic amines) is 1. The second-order valence-corrected chi connectivity index (χ2v) is 4.92. The van der Waals surface area contributed by atoms with E-state index in [1.54, 1.807) is 0 Å². The van der Waals surface area contributed by atoms with Gasteiger partial charge in [-0.15, -0.1) is 0 Å². The van der Waals surface area contributed by atoms with Crippen LogP contribution in [0.3, 0.4) is 0 Å². The molecule has 88 valence electrons. The summed E-state index contributed by atoms with van der Waals surface area (Å²) in [6, 6.07) is 0. The molecule has 0 atom stereocenters. The molecule has 0 aliphatic carbocycles. The van der Waals surface area contributed by atoms with Crippen molar-refractivity contribution in [2.45, 2.75) is 33.1 Å². The van der Waals surface area contributed by atoms with Gasteiger partial charge in [-0.3, -0.25) is 4.90 Å². The van der Waals surface area contributed by atoms with Crippen molar-refractivity contribution in [2.75, 3.05) is 33.2 Å². The van der Waals surface area contributed by atoms with Crippen molar-refractivity contribution in [3.8, 4) is 0 Å². The number of piperidine rings is 1. The monoisotopic (exact) mass is 210 g/mol. The average Bonchev–Trinajstić information content (AvgIpc) is 2.25. The molecule has 1 heterocycles. The van der Waals surface area contributed by atoms with Crippen LogP contribution in [0.2, 0.25) is 0 Å². The molecule has 0 aromatic carbocycles. The van der Waals surface area contributed by atoms with Crippen LogP contribution in [0.15, 0.2) is 11.6 Å². The summed E-state index contributed by atoms with van der Waals surface area (Å²) >= 11 is 0. The standard InChI is InChI=1S/C13H26N2/c1-12(2)5-9-15-10-6-13(7-11-15)4-8-14-3/h5,13-14H,4,6-11H2,1-3H3. The van der Waals surface area contributed by atoms with Gasteiger partial charge in [-0.25, -0.2) is 0 Å². The minimum absolute atomic E-state index is 0.959. The predicted octanol–water partition coefficient (Wildman–Crippen LogP) is 2.27. The van der Waals surface area contributed by atoms with Crippen molar-refractivity contribution < 1.29 is 0 Å². The Morgan fingerprint density at radius 1 is 1.33 bits per heavy atom. The Morgan fingerprint density at radius 3 is 2.53 bits per heavy atom. The predicted molar refractivity (Wildman–Crippen MR) is 67.1 cm³/mol. The van der Waals surface area contributed by atoms with Crippen LogP contribution in [-0.2, 0) is 0 Å². The largest absolute Gasteiger partial charge is 0.320 e. The first-order valence-corrected chi connectivity index (χ1v) is 6.22. The second kappa shape index (κ2) is 7.02. The number of allylic oxidation sites excluding steroid dienone is 1. The van der Waals surface area contributed by atoms with Crippen LogP contribution in [0.4, 0.5) is 0 Å². The van der Waals surface area contributed by atoms with Crippen LogP contribution in [0, 0.1) is 5.92 Å². The Hall–Kier alpha value is -0.340. The van der Waals surface area contributed by atoms with Crippen molar-refractivity contribution in [2.24, 2.45) is 5.92 Å². The molecular weight excluding hydrogens is 184 g/mol. The zero-order chi connectivity index (χ0) is 11.1. The molecule has 0 unspecified atom stereocenters. The Balaban J connectivity index is 2.15. The fraction of sp³-hybridized carbons (Fsp3) is 0.846. The molecule has 15 heavy (non-hydrogen) atoms. The first kappa shape index (κ1) is 12.7. The molecule has 1 aliphatic heterocycles. The highest BCUT2D eigenvalue weighted by atomic mass is 15.1. The molecule has 1 aliphatic rings. The molecule has 1 fully saturated rings. The van der Waals surface area contributed by atoms with Gasteiger partial charge in [0, 0.05) is 6.54 Å². The summed E-state index contributed by atoms with van der Waals surface area (Å²) in [6.07, 6.45) is 6.47. The highest BCUT2D eigenvalue weighted by molar-refractivity contribution is 4.95. The molecule has 0 bridgehead atoms. The Morgan fingerprint density at radius 2 is 2.00 bits per heavy atom. The van der Waals surface area contributed by atoms with Gasteiger partial charge in [0.05, 0.1) is 0 Å². The minimum atomic E-state index is 0.959. The number of nitrogens with one attached hydrogen (secondary N) is 1. The van der Waals surface area contributed by atoms with Gasteiger partial charge in [-0.05, 0) is 65.7 Å². The van der Waals surface area contributed by atoms with Gasteiger partial charge in [0.25, 0.3) is 0 Å². The van der Waals surface area contributed by atoms with Gasteiger partial charge in [-0.2, -0.15) is 0 Å². The van der Waals surface area contributed by atoms with Gasteiger partial charge >= 0.3 is 0 Å². The summed E-state index contributed by atoms with van der Waals surface area (Å²) < 4.78 is 0. The van der Waals surface area contributed by atoms with Crippen molar-refractivity contribution in [1.29, 1.82) is 0 Å². The first-order chi connectivity index (χ1) is 7.22. The zero-order valence-corrected chi connectivity index (χ0v) is 10.6. The van der Waals surface area contributed by atoms with Gasteiger partial charge in [0.1, 0.15) is 0 Å². The van der Waals surface area contributed by atoms with Gasteiger partial charge in [0.2, 0.25) is 0 Å². The van der Waals surface area contributed by atoms with Crippen molar-refractivity contribution in [1.82, 2.24) is 10.2 Å². The van der Waals surface area contributed by atoms with E-state index >= 15 is 0 Å². The van der Waals surface area contributed by atoms with Gasteiger partial charge in [-0.1, -0.05) is 11.6 Å². The molecule has 0 radical (unpaired) electrons. The normalized spacial score (nSPS) is 19.1. The number of hydrogen-bond donors (Lipinski definition) is 1. The summed E-state index contributed by atoms with van der Waals surface area (Å²) in [4.78, 5) is 2.57. The molecular formula is C13H26N2. The topological polar surface area (TPSA) is 15.3 Å². The molecule has 2 nitrogen and oxygen atoms in total. The van der Waals surface area contributed by atoms with E-state index < -0.39 is 0 Å². The highest BCUT2D eigenvalue weighted by Gasteiger charge is 2.17. The maximum Gasteiger partial charge on any atom is 0.0165 e.